The molecular weight excluding hydrogens is 210 g/mol. The van der Waals surface area contributed by atoms with E-state index < -0.39 is 0 Å². The second-order valence-electron chi connectivity index (χ2n) is 5.08. The molecule has 0 radical (unpaired) electrons. The van der Waals surface area contributed by atoms with Crippen molar-refractivity contribution in [2.24, 2.45) is 0 Å². The van der Waals surface area contributed by atoms with Crippen molar-refractivity contribution >= 4 is 10.9 Å². The normalized spacial score (nSPS) is 14.6. The van der Waals surface area contributed by atoms with Gasteiger partial charge in [-0.25, -0.2) is 0 Å². The van der Waals surface area contributed by atoms with Gasteiger partial charge in [0.25, 0.3) is 0 Å². The molecule has 0 amide bonds. The lowest BCUT2D eigenvalue weighted by atomic mass is 9.97. The summed E-state index contributed by atoms with van der Waals surface area (Å²) in [5, 5.41) is 1.27. The number of nitrogens with zero attached hydrogens (tertiary/aromatic N) is 1. The maximum Gasteiger partial charge on any atom is 0.0742 e. The van der Waals surface area contributed by atoms with Gasteiger partial charge in [-0.3, -0.25) is 4.98 Å². The Morgan fingerprint density at radius 1 is 1.18 bits per heavy atom. The molecule has 0 N–H and O–H groups in total. The van der Waals surface area contributed by atoms with E-state index in [1.54, 1.807) is 0 Å². The minimum Gasteiger partial charge on any atom is -0.372 e. The van der Waals surface area contributed by atoms with Crippen LogP contribution in [0.5, 0.6) is 0 Å². The van der Waals surface area contributed by atoms with Crippen molar-refractivity contribution in [1.82, 2.24) is 4.98 Å². The molecular formula is C15H17NO. The largest absolute Gasteiger partial charge is 0.372 e. The highest BCUT2D eigenvalue weighted by atomic mass is 16.5. The Bertz CT molecular complexity index is 587. The number of ether oxygens (including phenoxy) is 1. The van der Waals surface area contributed by atoms with Crippen LogP contribution >= 0.6 is 0 Å². The summed E-state index contributed by atoms with van der Waals surface area (Å²) in [5.41, 5.74) is 6.21. The molecule has 0 unspecified atom stereocenters. The molecule has 0 saturated carbocycles. The number of aryl methyl sites for hydroxylation is 1. The number of hydrogen-bond donors (Lipinski definition) is 0. The van der Waals surface area contributed by atoms with E-state index >= 15 is 0 Å². The predicted molar refractivity (Wildman–Crippen MR) is 69.1 cm³/mol. The minimum atomic E-state index is 0.554. The molecule has 3 rings (SSSR count). The Balaban J connectivity index is 2.32. The number of pyridine rings is 1. The average molecular weight is 227 g/mol. The predicted octanol–water partition coefficient (Wildman–Crippen LogP) is 3.70. The van der Waals surface area contributed by atoms with Crippen molar-refractivity contribution < 1.29 is 4.74 Å². The van der Waals surface area contributed by atoms with E-state index in [0.29, 0.717) is 5.92 Å². The second kappa shape index (κ2) is 3.81. The number of fused-ring (bicyclic) bond motifs is 3. The van der Waals surface area contributed by atoms with Crippen LogP contribution in [0.25, 0.3) is 10.9 Å². The lowest BCUT2D eigenvalue weighted by Crippen LogP contribution is -1.96. The summed E-state index contributed by atoms with van der Waals surface area (Å²) >= 11 is 0. The van der Waals surface area contributed by atoms with Gasteiger partial charge < -0.3 is 4.74 Å². The molecule has 0 fully saturated rings. The summed E-state index contributed by atoms with van der Waals surface area (Å²) in [6, 6.07) is 6.60. The highest BCUT2D eigenvalue weighted by Gasteiger charge is 2.18. The molecule has 1 aromatic carbocycles. The molecule has 17 heavy (non-hydrogen) atoms. The first-order valence-electron chi connectivity index (χ1n) is 6.16. The third-order valence-electron chi connectivity index (χ3n) is 3.59. The van der Waals surface area contributed by atoms with Crippen LogP contribution in [0.2, 0.25) is 0 Å². The molecule has 1 aliphatic heterocycles. The maximum absolute atomic E-state index is 5.56. The number of benzene rings is 1. The van der Waals surface area contributed by atoms with Gasteiger partial charge in [0, 0.05) is 16.6 Å². The number of hydrogen-bond acceptors (Lipinski definition) is 2. The molecule has 88 valence electrons. The van der Waals surface area contributed by atoms with E-state index in [1.807, 2.05) is 0 Å². The molecule has 2 nitrogen and oxygen atoms in total. The molecule has 1 aromatic heterocycles. The summed E-state index contributed by atoms with van der Waals surface area (Å²) in [7, 11) is 0. The molecule has 2 heteroatoms. The van der Waals surface area contributed by atoms with Crippen molar-refractivity contribution in [3.8, 4) is 0 Å². The molecule has 1 aliphatic rings. The number of rotatable bonds is 1. The first-order chi connectivity index (χ1) is 8.16. The van der Waals surface area contributed by atoms with Gasteiger partial charge in [0.05, 0.1) is 18.7 Å². The van der Waals surface area contributed by atoms with E-state index in [1.165, 1.54) is 22.1 Å². The zero-order valence-corrected chi connectivity index (χ0v) is 10.6. The second-order valence-corrected chi connectivity index (χ2v) is 5.08. The maximum atomic E-state index is 5.56. The van der Waals surface area contributed by atoms with Crippen molar-refractivity contribution in [3.63, 3.8) is 0 Å². The van der Waals surface area contributed by atoms with Crippen LogP contribution in [0, 0.1) is 6.92 Å². The Labute approximate surface area is 102 Å². The van der Waals surface area contributed by atoms with E-state index in [0.717, 1.165) is 24.4 Å². The molecule has 0 aliphatic carbocycles. The van der Waals surface area contributed by atoms with Gasteiger partial charge in [0.2, 0.25) is 0 Å². The topological polar surface area (TPSA) is 22.1 Å². The van der Waals surface area contributed by atoms with Crippen molar-refractivity contribution in [2.45, 2.75) is 39.9 Å². The first-order valence-corrected chi connectivity index (χ1v) is 6.16. The van der Waals surface area contributed by atoms with Gasteiger partial charge in [-0.1, -0.05) is 19.9 Å². The zero-order chi connectivity index (χ0) is 12.0. The lowest BCUT2D eigenvalue weighted by molar-refractivity contribution is 0.134. The fourth-order valence-corrected chi connectivity index (χ4v) is 2.49. The van der Waals surface area contributed by atoms with Crippen molar-refractivity contribution in [2.75, 3.05) is 0 Å². The van der Waals surface area contributed by atoms with Gasteiger partial charge in [-0.2, -0.15) is 0 Å². The molecule has 0 bridgehead atoms. The molecule has 0 spiro atoms. The Morgan fingerprint density at radius 2 is 1.94 bits per heavy atom. The zero-order valence-electron chi connectivity index (χ0n) is 10.6. The molecule has 2 aromatic rings. The van der Waals surface area contributed by atoms with Gasteiger partial charge in [0.15, 0.2) is 0 Å². The van der Waals surface area contributed by atoms with Gasteiger partial charge in [-0.15, -0.1) is 0 Å². The summed E-state index contributed by atoms with van der Waals surface area (Å²) in [6.45, 7) is 7.97. The monoisotopic (exact) mass is 227 g/mol. The standard InChI is InChI=1S/C15H17NO/c1-9(2)11-4-5-15-12(6-11)14-8-17-7-13(14)10(3)16-15/h4-6,9H,7-8H2,1-3H3. The third-order valence-corrected chi connectivity index (χ3v) is 3.59. The van der Waals surface area contributed by atoms with E-state index in [9.17, 15) is 0 Å². The van der Waals surface area contributed by atoms with E-state index in [2.05, 4.69) is 44.0 Å². The summed E-state index contributed by atoms with van der Waals surface area (Å²) in [6.07, 6.45) is 0. The third kappa shape index (κ3) is 1.64. The SMILES string of the molecule is Cc1nc2ccc(C(C)C)cc2c2c1COC2. The van der Waals surface area contributed by atoms with Crippen LogP contribution in [0.3, 0.4) is 0 Å². The van der Waals surface area contributed by atoms with Crippen LogP contribution in [0.1, 0.15) is 42.1 Å². The molecule has 2 heterocycles. The van der Waals surface area contributed by atoms with Crippen LogP contribution in [-0.4, -0.2) is 4.98 Å². The molecule has 0 atom stereocenters. The Kier molecular flexibility index (Phi) is 2.40. The summed E-state index contributed by atoms with van der Waals surface area (Å²) < 4.78 is 5.56. The Hall–Kier alpha value is -1.41. The van der Waals surface area contributed by atoms with E-state index in [-0.39, 0.29) is 0 Å². The van der Waals surface area contributed by atoms with Gasteiger partial charge >= 0.3 is 0 Å². The van der Waals surface area contributed by atoms with E-state index in [4.69, 9.17) is 4.74 Å². The fraction of sp³-hybridized carbons (Fsp3) is 0.400. The fourth-order valence-electron chi connectivity index (χ4n) is 2.49. The highest BCUT2D eigenvalue weighted by Crippen LogP contribution is 2.31. The Morgan fingerprint density at radius 3 is 2.71 bits per heavy atom. The van der Waals surface area contributed by atoms with Gasteiger partial charge in [0.1, 0.15) is 0 Å². The summed E-state index contributed by atoms with van der Waals surface area (Å²) in [4.78, 5) is 4.67. The van der Waals surface area contributed by atoms with Crippen LogP contribution in [-0.2, 0) is 18.0 Å². The average Bonchev–Trinajstić information content (AvgIpc) is 2.78. The first kappa shape index (κ1) is 10.7. The van der Waals surface area contributed by atoms with Crippen molar-refractivity contribution in [3.05, 3.63) is 40.6 Å². The van der Waals surface area contributed by atoms with Crippen molar-refractivity contribution in [1.29, 1.82) is 0 Å². The van der Waals surface area contributed by atoms with Gasteiger partial charge in [-0.05, 0) is 36.1 Å². The van der Waals surface area contributed by atoms with Crippen LogP contribution in [0.4, 0.5) is 0 Å². The summed E-state index contributed by atoms with van der Waals surface area (Å²) in [5.74, 6) is 0.554. The number of aromatic nitrogens is 1. The highest BCUT2D eigenvalue weighted by molar-refractivity contribution is 5.84. The molecule has 0 saturated heterocycles. The van der Waals surface area contributed by atoms with Crippen LogP contribution < -0.4 is 0 Å². The smallest absolute Gasteiger partial charge is 0.0742 e. The quantitative estimate of drug-likeness (QED) is 0.741. The lowest BCUT2D eigenvalue weighted by Gasteiger charge is -2.10. The van der Waals surface area contributed by atoms with Crippen LogP contribution in [0.15, 0.2) is 18.2 Å². The minimum absolute atomic E-state index is 0.554.